The zero-order valence-electron chi connectivity index (χ0n) is 18.9. The molecule has 0 spiro atoms. The van der Waals surface area contributed by atoms with Gasteiger partial charge in [0, 0.05) is 43.5 Å². The van der Waals surface area contributed by atoms with Crippen LogP contribution in [0.1, 0.15) is 38.8 Å². The number of carbonyl (C=O) groups is 2. The third-order valence-electron chi connectivity index (χ3n) is 6.07. The Balaban J connectivity index is 1.44. The molecule has 4 rings (SSSR count). The van der Waals surface area contributed by atoms with Crippen LogP contribution in [0.5, 0.6) is 0 Å². The van der Waals surface area contributed by atoms with Gasteiger partial charge in [0.1, 0.15) is 5.82 Å². The number of rotatable bonds is 5. The van der Waals surface area contributed by atoms with Gasteiger partial charge in [0.2, 0.25) is 0 Å². The van der Waals surface area contributed by atoms with Crippen LogP contribution in [0.25, 0.3) is 0 Å². The lowest BCUT2D eigenvalue weighted by Crippen LogP contribution is -2.53. The predicted octanol–water partition coefficient (Wildman–Crippen LogP) is 4.73. The number of anilines is 1. The third-order valence-corrected chi connectivity index (χ3v) is 6.07. The summed E-state index contributed by atoms with van der Waals surface area (Å²) in [6.07, 6.45) is 0. The number of amides is 2. The van der Waals surface area contributed by atoms with Crippen LogP contribution in [0.4, 0.5) is 10.1 Å². The van der Waals surface area contributed by atoms with Crippen LogP contribution in [0.2, 0.25) is 0 Å². The minimum atomic E-state index is -0.581. The number of piperazine rings is 1. The Bertz CT molecular complexity index is 1150. The molecule has 3 aromatic carbocycles. The summed E-state index contributed by atoms with van der Waals surface area (Å²) in [4.78, 5) is 30.1. The highest BCUT2D eigenvalue weighted by Gasteiger charge is 2.28. The Labute approximate surface area is 193 Å². The van der Waals surface area contributed by atoms with Gasteiger partial charge in [0.15, 0.2) is 0 Å². The van der Waals surface area contributed by atoms with E-state index >= 15 is 0 Å². The molecule has 1 fully saturated rings. The molecule has 0 bridgehead atoms. The largest absolute Gasteiger partial charge is 0.333 e. The lowest BCUT2D eigenvalue weighted by Gasteiger charge is -2.40. The van der Waals surface area contributed by atoms with Crippen molar-refractivity contribution in [3.05, 3.63) is 101 Å². The summed E-state index contributed by atoms with van der Waals surface area (Å²) >= 11 is 0. The second kappa shape index (κ2) is 9.96. The average molecular weight is 446 g/mol. The standard InChI is InChI=1S/C27H28FN3O2/c1-19-12-13-22(16-25(19)29-26(32)23-10-6-7-11-24(23)28)27(33)31-15-14-30(17-20(31)2)18-21-8-4-3-5-9-21/h3-13,16,20H,14-15,17-18H2,1-2H3,(H,29,32). The van der Waals surface area contributed by atoms with E-state index in [4.69, 9.17) is 0 Å². The average Bonchev–Trinajstić information content (AvgIpc) is 2.81. The molecule has 1 unspecified atom stereocenters. The molecule has 0 radical (unpaired) electrons. The van der Waals surface area contributed by atoms with E-state index in [-0.39, 0.29) is 17.5 Å². The highest BCUT2D eigenvalue weighted by Crippen LogP contribution is 2.22. The van der Waals surface area contributed by atoms with Crippen molar-refractivity contribution in [2.24, 2.45) is 0 Å². The zero-order chi connectivity index (χ0) is 23.4. The molecule has 1 aliphatic heterocycles. The van der Waals surface area contributed by atoms with Crippen LogP contribution in [-0.4, -0.2) is 47.3 Å². The maximum absolute atomic E-state index is 14.0. The van der Waals surface area contributed by atoms with Gasteiger partial charge < -0.3 is 10.2 Å². The van der Waals surface area contributed by atoms with Crippen molar-refractivity contribution in [1.29, 1.82) is 0 Å². The van der Waals surface area contributed by atoms with Crippen molar-refractivity contribution < 1.29 is 14.0 Å². The molecule has 5 nitrogen and oxygen atoms in total. The van der Waals surface area contributed by atoms with E-state index in [1.807, 2.05) is 30.0 Å². The first-order valence-electron chi connectivity index (χ1n) is 11.2. The van der Waals surface area contributed by atoms with E-state index in [2.05, 4.69) is 29.3 Å². The molecule has 170 valence electrons. The van der Waals surface area contributed by atoms with Crippen molar-refractivity contribution in [2.75, 3.05) is 25.0 Å². The number of nitrogens with zero attached hydrogens (tertiary/aromatic N) is 2. The Kier molecular flexibility index (Phi) is 6.84. The van der Waals surface area contributed by atoms with Crippen LogP contribution in [-0.2, 0) is 6.54 Å². The number of halogens is 1. The molecule has 3 aromatic rings. The Morgan fingerprint density at radius 3 is 2.45 bits per heavy atom. The first-order valence-corrected chi connectivity index (χ1v) is 11.2. The van der Waals surface area contributed by atoms with Crippen LogP contribution in [0, 0.1) is 12.7 Å². The summed E-state index contributed by atoms with van der Waals surface area (Å²) < 4.78 is 14.0. The summed E-state index contributed by atoms with van der Waals surface area (Å²) in [5.74, 6) is -1.19. The van der Waals surface area contributed by atoms with Crippen LogP contribution < -0.4 is 5.32 Å². The second-order valence-corrected chi connectivity index (χ2v) is 8.53. The molecule has 33 heavy (non-hydrogen) atoms. The lowest BCUT2D eigenvalue weighted by atomic mass is 10.1. The maximum Gasteiger partial charge on any atom is 0.258 e. The fourth-order valence-electron chi connectivity index (χ4n) is 4.21. The van der Waals surface area contributed by atoms with E-state index < -0.39 is 11.7 Å². The van der Waals surface area contributed by atoms with E-state index in [9.17, 15) is 14.0 Å². The van der Waals surface area contributed by atoms with Crippen molar-refractivity contribution in [3.8, 4) is 0 Å². The molecule has 1 heterocycles. The first-order chi connectivity index (χ1) is 15.9. The van der Waals surface area contributed by atoms with Crippen LogP contribution in [0.3, 0.4) is 0 Å². The maximum atomic E-state index is 14.0. The first kappa shape index (κ1) is 22.7. The SMILES string of the molecule is Cc1ccc(C(=O)N2CCN(Cc3ccccc3)CC2C)cc1NC(=O)c1ccccc1F. The highest BCUT2D eigenvalue weighted by molar-refractivity contribution is 6.05. The van der Waals surface area contributed by atoms with Crippen molar-refractivity contribution in [1.82, 2.24) is 9.80 Å². The number of aryl methyl sites for hydroxylation is 1. The minimum absolute atomic E-state index is 0.0308. The smallest absolute Gasteiger partial charge is 0.258 e. The Hall–Kier alpha value is -3.51. The topological polar surface area (TPSA) is 52.7 Å². The Morgan fingerprint density at radius 2 is 1.73 bits per heavy atom. The monoisotopic (exact) mass is 445 g/mol. The van der Waals surface area contributed by atoms with Gasteiger partial charge in [0.25, 0.3) is 11.8 Å². The molecule has 0 aliphatic carbocycles. The molecule has 1 N–H and O–H groups in total. The van der Waals surface area contributed by atoms with E-state index in [1.165, 1.54) is 23.8 Å². The summed E-state index contributed by atoms with van der Waals surface area (Å²) in [5, 5.41) is 2.75. The molecule has 0 saturated carbocycles. The summed E-state index contributed by atoms with van der Waals surface area (Å²) in [6, 6.07) is 21.5. The van der Waals surface area contributed by atoms with E-state index in [1.54, 1.807) is 24.3 Å². The molecule has 1 atom stereocenters. The molecule has 6 heteroatoms. The fraction of sp³-hybridized carbons (Fsp3) is 0.259. The molecular weight excluding hydrogens is 417 g/mol. The number of hydrogen-bond acceptors (Lipinski definition) is 3. The van der Waals surface area contributed by atoms with Crippen LogP contribution >= 0.6 is 0 Å². The van der Waals surface area contributed by atoms with Gasteiger partial charge in [-0.3, -0.25) is 14.5 Å². The van der Waals surface area contributed by atoms with Gasteiger partial charge in [-0.1, -0.05) is 48.5 Å². The number of hydrogen-bond donors (Lipinski definition) is 1. The zero-order valence-corrected chi connectivity index (χ0v) is 18.9. The van der Waals surface area contributed by atoms with Gasteiger partial charge in [-0.05, 0) is 49.2 Å². The van der Waals surface area contributed by atoms with Crippen molar-refractivity contribution in [2.45, 2.75) is 26.4 Å². The van der Waals surface area contributed by atoms with Crippen molar-refractivity contribution in [3.63, 3.8) is 0 Å². The van der Waals surface area contributed by atoms with Gasteiger partial charge in [-0.15, -0.1) is 0 Å². The molecule has 2 amide bonds. The van der Waals surface area contributed by atoms with Gasteiger partial charge >= 0.3 is 0 Å². The summed E-state index contributed by atoms with van der Waals surface area (Å²) in [6.45, 7) is 7.00. The number of nitrogens with one attached hydrogen (secondary N) is 1. The summed E-state index contributed by atoms with van der Waals surface area (Å²) in [7, 11) is 0. The number of benzene rings is 3. The molecular formula is C27H28FN3O2. The van der Waals surface area contributed by atoms with Crippen LogP contribution in [0.15, 0.2) is 72.8 Å². The number of carbonyl (C=O) groups excluding carboxylic acids is 2. The quantitative estimate of drug-likeness (QED) is 0.618. The van der Waals surface area contributed by atoms with Crippen molar-refractivity contribution >= 4 is 17.5 Å². The normalized spacial score (nSPS) is 16.5. The summed E-state index contributed by atoms with van der Waals surface area (Å²) in [5.41, 5.74) is 3.05. The predicted molar refractivity (Wildman–Crippen MR) is 128 cm³/mol. The van der Waals surface area contributed by atoms with E-state index in [0.29, 0.717) is 17.8 Å². The molecule has 0 aromatic heterocycles. The third kappa shape index (κ3) is 5.29. The second-order valence-electron chi connectivity index (χ2n) is 8.53. The van der Waals surface area contributed by atoms with Gasteiger partial charge in [-0.2, -0.15) is 0 Å². The highest BCUT2D eigenvalue weighted by atomic mass is 19.1. The lowest BCUT2D eigenvalue weighted by molar-refractivity contribution is 0.0475. The minimum Gasteiger partial charge on any atom is -0.333 e. The van der Waals surface area contributed by atoms with Gasteiger partial charge in [0.05, 0.1) is 5.56 Å². The Morgan fingerprint density at radius 1 is 1.00 bits per heavy atom. The fourth-order valence-corrected chi connectivity index (χ4v) is 4.21. The molecule has 1 aliphatic rings. The molecule has 1 saturated heterocycles. The van der Waals surface area contributed by atoms with E-state index in [0.717, 1.165) is 25.2 Å². The van der Waals surface area contributed by atoms with Gasteiger partial charge in [-0.25, -0.2) is 4.39 Å².